The minimum Gasteiger partial charge on any atom is -0.448 e. The van der Waals surface area contributed by atoms with E-state index in [-0.39, 0.29) is 5.41 Å². The van der Waals surface area contributed by atoms with Crippen LogP contribution in [0.25, 0.3) is 0 Å². The number of rotatable bonds is 2. The number of nitrogens with one attached hydrogen (secondary N) is 1. The first-order valence-electron chi connectivity index (χ1n) is 4.11. The molecule has 0 aliphatic carbocycles. The Morgan fingerprint density at radius 2 is 2.23 bits per heavy atom. The zero-order valence-corrected chi connectivity index (χ0v) is 7.61. The van der Waals surface area contributed by atoms with Crippen LogP contribution < -0.4 is 0 Å². The van der Waals surface area contributed by atoms with Crippen molar-refractivity contribution in [1.82, 2.24) is 15.2 Å². The van der Waals surface area contributed by atoms with Gasteiger partial charge in [0.25, 0.3) is 0 Å². The van der Waals surface area contributed by atoms with E-state index >= 15 is 0 Å². The van der Waals surface area contributed by atoms with Crippen molar-refractivity contribution < 1.29 is 4.42 Å². The van der Waals surface area contributed by atoms with Gasteiger partial charge in [0, 0.05) is 6.20 Å². The molecule has 2 aromatic heterocycles. The number of aromatic amines is 1. The summed E-state index contributed by atoms with van der Waals surface area (Å²) in [6.07, 6.45) is 4.95. The molecule has 13 heavy (non-hydrogen) atoms. The van der Waals surface area contributed by atoms with Gasteiger partial charge in [-0.3, -0.25) is 5.10 Å². The van der Waals surface area contributed by atoms with Crippen molar-refractivity contribution in [1.29, 1.82) is 0 Å². The second-order valence-corrected chi connectivity index (χ2v) is 3.43. The summed E-state index contributed by atoms with van der Waals surface area (Å²) in [5.74, 6) is 0.691. The molecule has 0 unspecified atom stereocenters. The monoisotopic (exact) mass is 177 g/mol. The zero-order chi connectivity index (χ0) is 9.31. The Labute approximate surface area is 76.0 Å². The van der Waals surface area contributed by atoms with E-state index in [1.165, 1.54) is 0 Å². The molecule has 0 spiro atoms. The highest BCUT2D eigenvalue weighted by Crippen LogP contribution is 2.27. The van der Waals surface area contributed by atoms with Crippen LogP contribution in [0.5, 0.6) is 0 Å². The van der Waals surface area contributed by atoms with Gasteiger partial charge in [-0.2, -0.15) is 5.10 Å². The molecular formula is C9H11N3O. The Hall–Kier alpha value is -1.58. The molecule has 0 saturated carbocycles. The van der Waals surface area contributed by atoms with Crippen molar-refractivity contribution in [3.8, 4) is 0 Å². The Morgan fingerprint density at radius 1 is 1.38 bits per heavy atom. The third-order valence-electron chi connectivity index (χ3n) is 2.14. The van der Waals surface area contributed by atoms with Crippen LogP contribution in [0.4, 0.5) is 0 Å². The third kappa shape index (κ3) is 1.24. The number of aromatic nitrogens is 3. The molecule has 0 fully saturated rings. The number of nitrogens with zero attached hydrogens (tertiary/aromatic N) is 2. The normalized spacial score (nSPS) is 11.8. The van der Waals surface area contributed by atoms with Crippen molar-refractivity contribution in [3.63, 3.8) is 0 Å². The lowest BCUT2D eigenvalue weighted by molar-refractivity contribution is 0.406. The van der Waals surface area contributed by atoms with E-state index in [1.54, 1.807) is 18.7 Å². The molecule has 0 radical (unpaired) electrons. The van der Waals surface area contributed by atoms with E-state index in [0.717, 1.165) is 5.69 Å². The lowest BCUT2D eigenvalue weighted by Crippen LogP contribution is -2.19. The second kappa shape index (κ2) is 2.73. The first-order chi connectivity index (χ1) is 6.21. The molecule has 2 heterocycles. The molecule has 0 saturated heterocycles. The number of hydrogen-bond donors (Lipinski definition) is 1. The van der Waals surface area contributed by atoms with Gasteiger partial charge in [0.05, 0.1) is 17.3 Å². The Bertz CT molecular complexity index is 325. The van der Waals surface area contributed by atoms with Crippen LogP contribution in [0.15, 0.2) is 29.1 Å². The van der Waals surface area contributed by atoms with Crippen LogP contribution in [0.1, 0.15) is 25.4 Å². The number of H-pyrrole nitrogens is 1. The zero-order valence-electron chi connectivity index (χ0n) is 7.61. The molecular weight excluding hydrogens is 166 g/mol. The highest BCUT2D eigenvalue weighted by atomic mass is 16.3. The SMILES string of the molecule is CC(C)(c1ccn[nH]1)c1ncco1. The van der Waals surface area contributed by atoms with Gasteiger partial charge in [0.1, 0.15) is 6.26 Å². The van der Waals surface area contributed by atoms with Crippen LogP contribution >= 0.6 is 0 Å². The van der Waals surface area contributed by atoms with E-state index in [0.29, 0.717) is 5.89 Å². The molecule has 0 bridgehead atoms. The largest absolute Gasteiger partial charge is 0.448 e. The highest BCUT2D eigenvalue weighted by molar-refractivity contribution is 5.20. The van der Waals surface area contributed by atoms with Crippen LogP contribution in [-0.2, 0) is 5.41 Å². The van der Waals surface area contributed by atoms with Gasteiger partial charge in [-0.15, -0.1) is 0 Å². The van der Waals surface area contributed by atoms with Gasteiger partial charge >= 0.3 is 0 Å². The average molecular weight is 177 g/mol. The molecule has 2 aromatic rings. The molecule has 2 rings (SSSR count). The minimum absolute atomic E-state index is 0.250. The summed E-state index contributed by atoms with van der Waals surface area (Å²) in [5.41, 5.74) is 0.745. The van der Waals surface area contributed by atoms with Gasteiger partial charge < -0.3 is 4.42 Å². The number of hydrogen-bond acceptors (Lipinski definition) is 3. The van der Waals surface area contributed by atoms with E-state index in [9.17, 15) is 0 Å². The standard InChI is InChI=1S/C9H11N3O/c1-9(2,7-3-4-11-12-7)8-10-5-6-13-8/h3-6H,1-2H3,(H,11,12). The Morgan fingerprint density at radius 3 is 2.77 bits per heavy atom. The summed E-state index contributed by atoms with van der Waals surface area (Å²) in [6.45, 7) is 4.07. The molecule has 0 aliphatic rings. The van der Waals surface area contributed by atoms with Gasteiger partial charge in [-0.05, 0) is 19.9 Å². The lowest BCUT2D eigenvalue weighted by atomic mass is 9.89. The van der Waals surface area contributed by atoms with Crippen LogP contribution in [0.3, 0.4) is 0 Å². The van der Waals surface area contributed by atoms with Crippen molar-refractivity contribution >= 4 is 0 Å². The predicted molar refractivity (Wildman–Crippen MR) is 47.2 cm³/mol. The first kappa shape index (κ1) is 8.04. The number of oxazole rings is 1. The topological polar surface area (TPSA) is 54.7 Å². The molecule has 1 N–H and O–H groups in total. The molecule has 0 aliphatic heterocycles. The maximum absolute atomic E-state index is 5.26. The summed E-state index contributed by atoms with van der Waals surface area (Å²) in [6, 6.07) is 1.92. The second-order valence-electron chi connectivity index (χ2n) is 3.43. The molecule has 4 nitrogen and oxygen atoms in total. The Balaban J connectivity index is 2.42. The van der Waals surface area contributed by atoms with Crippen LogP contribution in [-0.4, -0.2) is 15.2 Å². The van der Waals surface area contributed by atoms with E-state index < -0.39 is 0 Å². The van der Waals surface area contributed by atoms with Gasteiger partial charge in [0.2, 0.25) is 5.89 Å². The van der Waals surface area contributed by atoms with Crippen molar-refractivity contribution in [2.45, 2.75) is 19.3 Å². The maximum atomic E-state index is 5.26. The van der Waals surface area contributed by atoms with E-state index in [1.807, 2.05) is 19.9 Å². The van der Waals surface area contributed by atoms with Crippen molar-refractivity contribution in [3.05, 3.63) is 36.3 Å². The quantitative estimate of drug-likeness (QED) is 0.759. The van der Waals surface area contributed by atoms with Gasteiger partial charge in [0.15, 0.2) is 0 Å². The maximum Gasteiger partial charge on any atom is 0.205 e. The molecule has 0 atom stereocenters. The van der Waals surface area contributed by atoms with Crippen LogP contribution in [0.2, 0.25) is 0 Å². The van der Waals surface area contributed by atoms with Gasteiger partial charge in [-0.25, -0.2) is 4.98 Å². The highest BCUT2D eigenvalue weighted by Gasteiger charge is 2.28. The lowest BCUT2D eigenvalue weighted by Gasteiger charge is -2.17. The first-order valence-corrected chi connectivity index (χ1v) is 4.11. The van der Waals surface area contributed by atoms with E-state index in [4.69, 9.17) is 4.42 Å². The third-order valence-corrected chi connectivity index (χ3v) is 2.14. The van der Waals surface area contributed by atoms with Crippen LogP contribution in [0, 0.1) is 0 Å². The smallest absolute Gasteiger partial charge is 0.205 e. The summed E-state index contributed by atoms with van der Waals surface area (Å²) in [5, 5.41) is 6.82. The molecule has 0 amide bonds. The summed E-state index contributed by atoms with van der Waals surface area (Å²) < 4.78 is 5.26. The average Bonchev–Trinajstić information content (AvgIpc) is 2.78. The van der Waals surface area contributed by atoms with Crippen molar-refractivity contribution in [2.24, 2.45) is 0 Å². The summed E-state index contributed by atoms with van der Waals surface area (Å²) in [4.78, 5) is 4.13. The Kier molecular flexibility index (Phi) is 1.69. The van der Waals surface area contributed by atoms with Crippen molar-refractivity contribution in [2.75, 3.05) is 0 Å². The van der Waals surface area contributed by atoms with E-state index in [2.05, 4.69) is 15.2 Å². The summed E-state index contributed by atoms with van der Waals surface area (Å²) in [7, 11) is 0. The summed E-state index contributed by atoms with van der Waals surface area (Å²) >= 11 is 0. The minimum atomic E-state index is -0.250. The fourth-order valence-electron chi connectivity index (χ4n) is 1.25. The molecule has 68 valence electrons. The molecule has 4 heteroatoms. The fourth-order valence-corrected chi connectivity index (χ4v) is 1.25. The van der Waals surface area contributed by atoms with Gasteiger partial charge in [-0.1, -0.05) is 0 Å². The molecule has 0 aromatic carbocycles. The predicted octanol–water partition coefficient (Wildman–Crippen LogP) is 1.72. The fraction of sp³-hybridized carbons (Fsp3) is 0.333.